The summed E-state index contributed by atoms with van der Waals surface area (Å²) in [5.74, 6) is 0.291. The zero-order chi connectivity index (χ0) is 23.3. The van der Waals surface area contributed by atoms with E-state index < -0.39 is 12.1 Å². The van der Waals surface area contributed by atoms with Crippen LogP contribution in [0, 0.1) is 6.92 Å². The summed E-state index contributed by atoms with van der Waals surface area (Å²) in [6.45, 7) is 6.65. The molecule has 174 valence electrons. The molecule has 1 aromatic carbocycles. The Morgan fingerprint density at radius 3 is 2.52 bits per heavy atom. The molecule has 0 aliphatic carbocycles. The number of carboxylic acids is 1. The van der Waals surface area contributed by atoms with E-state index in [1.165, 1.54) is 0 Å². The van der Waals surface area contributed by atoms with Crippen molar-refractivity contribution < 1.29 is 19.4 Å². The number of carbonyl (C=O) groups is 1. The van der Waals surface area contributed by atoms with E-state index in [4.69, 9.17) is 9.47 Å². The third-order valence-electron chi connectivity index (χ3n) is 5.26. The normalized spacial score (nSPS) is 11.9. The number of rotatable bonds is 11. The third-order valence-corrected chi connectivity index (χ3v) is 5.26. The molecule has 0 saturated carbocycles. The second-order valence-corrected chi connectivity index (χ2v) is 7.61. The molecular weight excluding hydrogens is 451 g/mol. The van der Waals surface area contributed by atoms with E-state index in [0.29, 0.717) is 42.4 Å². The van der Waals surface area contributed by atoms with E-state index in [1.807, 2.05) is 19.1 Å². The van der Waals surface area contributed by atoms with Gasteiger partial charge < -0.3 is 14.6 Å². The van der Waals surface area contributed by atoms with Crippen LogP contribution in [0.2, 0.25) is 0 Å². The van der Waals surface area contributed by atoms with Gasteiger partial charge in [-0.1, -0.05) is 25.5 Å². The van der Waals surface area contributed by atoms with Gasteiger partial charge in [0.05, 0.1) is 12.2 Å². The van der Waals surface area contributed by atoms with Gasteiger partial charge in [-0.25, -0.2) is 9.78 Å². The van der Waals surface area contributed by atoms with Crippen molar-refractivity contribution in [3.05, 3.63) is 51.7 Å². The molecule has 0 saturated heterocycles. The molecule has 1 N–H and O–H groups in total. The summed E-state index contributed by atoms with van der Waals surface area (Å²) in [6.07, 6.45) is 1.14. The number of ether oxygens (including phenoxy) is 2. The van der Waals surface area contributed by atoms with Gasteiger partial charge in [-0.05, 0) is 38.0 Å². The summed E-state index contributed by atoms with van der Waals surface area (Å²) in [5.41, 5.74) is 2.75. The van der Waals surface area contributed by atoms with E-state index in [0.717, 1.165) is 24.1 Å². The Balaban J connectivity index is 0.00000385. The van der Waals surface area contributed by atoms with Crippen molar-refractivity contribution in [3.63, 3.8) is 0 Å². The van der Waals surface area contributed by atoms with Crippen molar-refractivity contribution in [1.82, 2.24) is 19.3 Å². The molecule has 0 fully saturated rings. The van der Waals surface area contributed by atoms with Crippen LogP contribution in [-0.4, -0.2) is 101 Å². The van der Waals surface area contributed by atoms with Crippen LogP contribution in [-0.2, 0) is 36.0 Å². The maximum absolute atomic E-state index is 13.0. The standard InChI is InChI=1S/C23H30N4O5.K.H/c1-5-7-18-20-21(26(4)25-18)22(28)27(15(3)24-20)12-13-32-17-10-8-16(9-11-17)14-19(23(29)30)31-6-2;;/h8-11,19H,5-7,12-14H2,1-4H3,(H,29,30);;. The third kappa shape index (κ3) is 6.74. The van der Waals surface area contributed by atoms with Crippen LogP contribution in [0.3, 0.4) is 0 Å². The summed E-state index contributed by atoms with van der Waals surface area (Å²) in [7, 11) is 1.77. The van der Waals surface area contributed by atoms with Crippen molar-refractivity contribution in [2.24, 2.45) is 7.05 Å². The Hall–Kier alpha value is -1.56. The number of hydrogen-bond donors (Lipinski definition) is 1. The summed E-state index contributed by atoms with van der Waals surface area (Å²) in [4.78, 5) is 28.9. The first kappa shape index (κ1) is 27.7. The Labute approximate surface area is 235 Å². The summed E-state index contributed by atoms with van der Waals surface area (Å²) < 4.78 is 14.3. The minimum absolute atomic E-state index is 0. The van der Waals surface area contributed by atoms with E-state index >= 15 is 0 Å². The van der Waals surface area contributed by atoms with Gasteiger partial charge >= 0.3 is 57.4 Å². The fourth-order valence-electron chi connectivity index (χ4n) is 3.70. The summed E-state index contributed by atoms with van der Waals surface area (Å²) in [6, 6.07) is 7.21. The molecule has 2 heterocycles. The minimum atomic E-state index is -0.978. The predicted octanol–water partition coefficient (Wildman–Crippen LogP) is 1.85. The van der Waals surface area contributed by atoms with Gasteiger partial charge in [0.15, 0.2) is 11.6 Å². The van der Waals surface area contributed by atoms with Crippen molar-refractivity contribution in [2.75, 3.05) is 13.2 Å². The van der Waals surface area contributed by atoms with Crippen LogP contribution in [0.5, 0.6) is 5.75 Å². The Morgan fingerprint density at radius 2 is 1.91 bits per heavy atom. The molecular formula is C23H31KN4O5. The molecule has 0 aliphatic heterocycles. The molecule has 33 heavy (non-hydrogen) atoms. The predicted molar refractivity (Wildman–Crippen MR) is 127 cm³/mol. The molecule has 9 nitrogen and oxygen atoms in total. The van der Waals surface area contributed by atoms with Gasteiger partial charge in [0.2, 0.25) is 0 Å². The maximum atomic E-state index is 13.0. The molecule has 0 radical (unpaired) electrons. The number of carboxylic acid groups (broad SMARTS) is 1. The van der Waals surface area contributed by atoms with Crippen LogP contribution in [0.1, 0.15) is 37.4 Å². The fourth-order valence-corrected chi connectivity index (χ4v) is 3.70. The van der Waals surface area contributed by atoms with Gasteiger partial charge in [0, 0.05) is 20.1 Å². The van der Waals surface area contributed by atoms with Crippen molar-refractivity contribution in [2.45, 2.75) is 52.7 Å². The van der Waals surface area contributed by atoms with Gasteiger partial charge in [-0.3, -0.25) is 14.0 Å². The Bertz CT molecular complexity index is 1140. The monoisotopic (exact) mass is 482 g/mol. The Kier molecular flexibility index (Phi) is 10.7. The number of aromatic nitrogens is 4. The van der Waals surface area contributed by atoms with Crippen molar-refractivity contribution in [3.8, 4) is 5.75 Å². The van der Waals surface area contributed by atoms with E-state index in [1.54, 1.807) is 35.4 Å². The number of fused-ring (bicyclic) bond motifs is 1. The molecule has 0 spiro atoms. The average Bonchev–Trinajstić information content (AvgIpc) is 3.06. The first-order valence-electron chi connectivity index (χ1n) is 10.8. The zero-order valence-electron chi connectivity index (χ0n) is 19.0. The zero-order valence-corrected chi connectivity index (χ0v) is 19.0. The Morgan fingerprint density at radius 1 is 1.21 bits per heavy atom. The van der Waals surface area contributed by atoms with Crippen LogP contribution >= 0.6 is 0 Å². The number of aryl methyl sites for hydroxylation is 3. The van der Waals surface area contributed by atoms with Crippen LogP contribution in [0.25, 0.3) is 11.0 Å². The molecule has 1 unspecified atom stereocenters. The number of aliphatic carboxylic acids is 1. The number of benzene rings is 1. The van der Waals surface area contributed by atoms with Crippen LogP contribution in [0.4, 0.5) is 0 Å². The molecule has 0 aliphatic rings. The molecule has 1 atom stereocenters. The van der Waals surface area contributed by atoms with E-state index in [2.05, 4.69) is 17.0 Å². The molecule has 3 rings (SSSR count). The molecule has 0 amide bonds. The van der Waals surface area contributed by atoms with Gasteiger partial charge in [0.1, 0.15) is 23.7 Å². The van der Waals surface area contributed by atoms with Crippen LogP contribution in [0.15, 0.2) is 29.1 Å². The van der Waals surface area contributed by atoms with Gasteiger partial charge in [-0.15, -0.1) is 0 Å². The first-order chi connectivity index (χ1) is 15.3. The summed E-state index contributed by atoms with van der Waals surface area (Å²) >= 11 is 0. The first-order valence-corrected chi connectivity index (χ1v) is 10.8. The fraction of sp³-hybridized carbons (Fsp3) is 0.478. The second-order valence-electron chi connectivity index (χ2n) is 7.61. The van der Waals surface area contributed by atoms with Crippen molar-refractivity contribution in [1.29, 1.82) is 0 Å². The quantitative estimate of drug-likeness (QED) is 0.416. The SMILES string of the molecule is CCCc1nn(C)c2c(=O)n(CCOc3ccc(CC(OCC)C(=O)O)cc3)c(C)nc12.[KH]. The van der Waals surface area contributed by atoms with Gasteiger partial charge in [-0.2, -0.15) is 5.10 Å². The number of nitrogens with zero attached hydrogens (tertiary/aromatic N) is 4. The summed E-state index contributed by atoms with van der Waals surface area (Å²) in [5, 5.41) is 13.7. The molecule has 2 aromatic heterocycles. The number of hydrogen-bond acceptors (Lipinski definition) is 6. The van der Waals surface area contributed by atoms with Crippen molar-refractivity contribution >= 4 is 68.4 Å². The van der Waals surface area contributed by atoms with E-state index in [9.17, 15) is 14.7 Å². The van der Waals surface area contributed by atoms with Crippen LogP contribution < -0.4 is 10.3 Å². The topological polar surface area (TPSA) is 108 Å². The average molecular weight is 483 g/mol. The second kappa shape index (κ2) is 12.8. The molecule has 3 aromatic rings. The van der Waals surface area contributed by atoms with Gasteiger partial charge in [0.25, 0.3) is 5.56 Å². The molecule has 0 bridgehead atoms. The molecule has 10 heteroatoms. The van der Waals surface area contributed by atoms with E-state index in [-0.39, 0.29) is 63.4 Å².